The molecule has 2 aromatic rings. The Labute approximate surface area is 143 Å². The molecule has 0 heterocycles. The molecule has 0 bridgehead atoms. The van der Waals surface area contributed by atoms with Gasteiger partial charge < -0.3 is 10.1 Å². The monoisotopic (exact) mass is 387 g/mol. The van der Waals surface area contributed by atoms with E-state index in [1.54, 1.807) is 7.11 Å². The topological polar surface area (TPSA) is 21.3 Å². The number of anilines is 1. The summed E-state index contributed by atoms with van der Waals surface area (Å²) in [7, 11) is 1.67. The summed E-state index contributed by atoms with van der Waals surface area (Å²) in [6.07, 6.45) is 0. The van der Waals surface area contributed by atoms with Crippen LogP contribution in [-0.2, 0) is 0 Å². The van der Waals surface area contributed by atoms with Gasteiger partial charge in [-0.25, -0.2) is 0 Å². The second kappa shape index (κ2) is 6.91. The Hall–Kier alpha value is -0.900. The van der Waals surface area contributed by atoms with E-state index in [-0.39, 0.29) is 6.04 Å². The van der Waals surface area contributed by atoms with E-state index in [1.807, 2.05) is 31.2 Å². The number of rotatable bonds is 4. The maximum atomic E-state index is 6.26. The highest BCUT2D eigenvalue weighted by atomic mass is 79.9. The van der Waals surface area contributed by atoms with Crippen molar-refractivity contribution in [2.24, 2.45) is 0 Å². The molecule has 0 fully saturated rings. The molecule has 0 aromatic heterocycles. The van der Waals surface area contributed by atoms with Gasteiger partial charge in [0.1, 0.15) is 5.75 Å². The first kappa shape index (κ1) is 16.5. The van der Waals surface area contributed by atoms with Gasteiger partial charge >= 0.3 is 0 Å². The fourth-order valence-electron chi connectivity index (χ4n) is 2.17. The Morgan fingerprint density at radius 2 is 1.76 bits per heavy atom. The van der Waals surface area contributed by atoms with Crippen LogP contribution >= 0.6 is 39.1 Å². The lowest BCUT2D eigenvalue weighted by Crippen LogP contribution is -2.09. The zero-order valence-corrected chi connectivity index (χ0v) is 15.1. The molecule has 0 spiro atoms. The molecule has 2 nitrogen and oxygen atoms in total. The summed E-state index contributed by atoms with van der Waals surface area (Å²) in [5, 5.41) is 4.51. The summed E-state index contributed by atoms with van der Waals surface area (Å²) in [5.74, 6) is 0.838. The van der Waals surface area contributed by atoms with Gasteiger partial charge in [-0.15, -0.1) is 0 Å². The van der Waals surface area contributed by atoms with Crippen molar-refractivity contribution in [3.05, 3.63) is 56.0 Å². The van der Waals surface area contributed by atoms with Gasteiger partial charge in [0.2, 0.25) is 0 Å². The number of benzene rings is 2. The van der Waals surface area contributed by atoms with Crippen molar-refractivity contribution < 1.29 is 4.74 Å². The first-order valence-electron chi connectivity index (χ1n) is 6.48. The third-order valence-electron chi connectivity index (χ3n) is 3.22. The van der Waals surface area contributed by atoms with Gasteiger partial charge in [-0.05, 0) is 32.0 Å². The van der Waals surface area contributed by atoms with Crippen molar-refractivity contribution in [2.45, 2.75) is 19.9 Å². The smallest absolute Gasteiger partial charge is 0.124 e. The molecule has 0 saturated carbocycles. The molecule has 0 amide bonds. The van der Waals surface area contributed by atoms with E-state index in [0.717, 1.165) is 21.5 Å². The zero-order valence-electron chi connectivity index (χ0n) is 12.0. The number of halogens is 3. The second-order valence-electron chi connectivity index (χ2n) is 4.86. The van der Waals surface area contributed by atoms with Crippen LogP contribution in [0.4, 0.5) is 5.69 Å². The molecule has 0 aliphatic heterocycles. The predicted molar refractivity (Wildman–Crippen MR) is 93.9 cm³/mol. The van der Waals surface area contributed by atoms with Crippen LogP contribution in [0.15, 0.2) is 34.8 Å². The molecule has 2 aromatic carbocycles. The van der Waals surface area contributed by atoms with Crippen molar-refractivity contribution in [3.63, 3.8) is 0 Å². The Balaban J connectivity index is 2.34. The van der Waals surface area contributed by atoms with E-state index in [9.17, 15) is 0 Å². The largest absolute Gasteiger partial charge is 0.496 e. The lowest BCUT2D eigenvalue weighted by molar-refractivity contribution is 0.408. The van der Waals surface area contributed by atoms with E-state index in [0.29, 0.717) is 10.0 Å². The minimum absolute atomic E-state index is 0.0102. The van der Waals surface area contributed by atoms with Gasteiger partial charge in [0.25, 0.3) is 0 Å². The van der Waals surface area contributed by atoms with Crippen molar-refractivity contribution in [1.29, 1.82) is 0 Å². The Bertz CT molecular complexity index is 638. The molecular formula is C16H16BrCl2NO. The first-order valence-corrected chi connectivity index (χ1v) is 8.03. The lowest BCUT2D eigenvalue weighted by atomic mass is 10.0. The minimum atomic E-state index is 0.0102. The Morgan fingerprint density at radius 1 is 1.14 bits per heavy atom. The number of hydrogen-bond acceptors (Lipinski definition) is 2. The predicted octanol–water partition coefficient (Wildman–Crippen LogP) is 6.25. The van der Waals surface area contributed by atoms with E-state index >= 15 is 0 Å². The highest BCUT2D eigenvalue weighted by molar-refractivity contribution is 9.10. The van der Waals surface area contributed by atoms with Crippen LogP contribution in [-0.4, -0.2) is 7.11 Å². The van der Waals surface area contributed by atoms with Crippen molar-refractivity contribution in [3.8, 4) is 5.75 Å². The maximum absolute atomic E-state index is 6.26. The summed E-state index contributed by atoms with van der Waals surface area (Å²) >= 11 is 15.9. The minimum Gasteiger partial charge on any atom is -0.496 e. The molecule has 0 aliphatic carbocycles. The molecule has 0 aliphatic rings. The van der Waals surface area contributed by atoms with Crippen LogP contribution in [0.1, 0.15) is 24.1 Å². The molecule has 0 radical (unpaired) electrons. The molecule has 1 N–H and O–H groups in total. The van der Waals surface area contributed by atoms with Gasteiger partial charge in [-0.2, -0.15) is 0 Å². The Morgan fingerprint density at radius 3 is 2.33 bits per heavy atom. The fourth-order valence-corrected chi connectivity index (χ4v) is 3.48. The quantitative estimate of drug-likeness (QED) is 0.668. The first-order chi connectivity index (χ1) is 9.92. The summed E-state index contributed by atoms with van der Waals surface area (Å²) in [6, 6.07) is 9.72. The standard InChI is InChI=1S/C16H16BrCl2NO/c1-9-4-5-15(21-3)12(6-9)10(2)20-16-13(18)7-11(17)8-14(16)19/h4-8,10,20H,1-3H3. The maximum Gasteiger partial charge on any atom is 0.124 e. The highest BCUT2D eigenvalue weighted by Gasteiger charge is 2.15. The van der Waals surface area contributed by atoms with Gasteiger partial charge in [0, 0.05) is 10.0 Å². The average molecular weight is 389 g/mol. The van der Waals surface area contributed by atoms with Gasteiger partial charge in [-0.3, -0.25) is 0 Å². The number of ether oxygens (including phenoxy) is 1. The fraction of sp³-hybridized carbons (Fsp3) is 0.250. The molecule has 0 saturated heterocycles. The molecular weight excluding hydrogens is 373 g/mol. The van der Waals surface area contributed by atoms with Crippen LogP contribution in [0, 0.1) is 6.92 Å². The average Bonchev–Trinajstić information content (AvgIpc) is 2.42. The van der Waals surface area contributed by atoms with Gasteiger partial charge in [-0.1, -0.05) is 56.8 Å². The third-order valence-corrected chi connectivity index (χ3v) is 4.27. The van der Waals surface area contributed by atoms with Crippen LogP contribution in [0.25, 0.3) is 0 Å². The summed E-state index contributed by atoms with van der Waals surface area (Å²) in [6.45, 7) is 4.10. The molecule has 1 unspecified atom stereocenters. The molecule has 2 rings (SSSR count). The van der Waals surface area contributed by atoms with Crippen molar-refractivity contribution >= 4 is 44.8 Å². The zero-order chi connectivity index (χ0) is 15.6. The number of methoxy groups -OCH3 is 1. The summed E-state index contributed by atoms with van der Waals surface area (Å²) in [5.41, 5.74) is 2.96. The van der Waals surface area contributed by atoms with Crippen molar-refractivity contribution in [1.82, 2.24) is 0 Å². The van der Waals surface area contributed by atoms with Crippen LogP contribution in [0.2, 0.25) is 10.0 Å². The summed E-state index contributed by atoms with van der Waals surface area (Å²) < 4.78 is 6.28. The Kier molecular flexibility index (Phi) is 5.42. The van der Waals surface area contributed by atoms with Gasteiger partial charge in [0.05, 0.1) is 28.9 Å². The molecule has 5 heteroatoms. The highest BCUT2D eigenvalue weighted by Crippen LogP contribution is 2.37. The van der Waals surface area contributed by atoms with E-state index in [4.69, 9.17) is 27.9 Å². The third kappa shape index (κ3) is 3.85. The molecule has 112 valence electrons. The molecule has 1 atom stereocenters. The van der Waals surface area contributed by atoms with Crippen molar-refractivity contribution in [2.75, 3.05) is 12.4 Å². The normalized spacial score (nSPS) is 12.1. The van der Waals surface area contributed by atoms with Crippen LogP contribution in [0.5, 0.6) is 5.75 Å². The molecule has 21 heavy (non-hydrogen) atoms. The van der Waals surface area contributed by atoms with E-state index in [1.165, 1.54) is 5.56 Å². The second-order valence-corrected chi connectivity index (χ2v) is 6.59. The van der Waals surface area contributed by atoms with E-state index in [2.05, 4.69) is 34.2 Å². The number of hydrogen-bond donors (Lipinski definition) is 1. The SMILES string of the molecule is COc1ccc(C)cc1C(C)Nc1c(Cl)cc(Br)cc1Cl. The summed E-state index contributed by atoms with van der Waals surface area (Å²) in [4.78, 5) is 0. The van der Waals surface area contributed by atoms with Crippen LogP contribution in [0.3, 0.4) is 0 Å². The van der Waals surface area contributed by atoms with Crippen LogP contribution < -0.4 is 10.1 Å². The van der Waals surface area contributed by atoms with E-state index < -0.39 is 0 Å². The number of nitrogens with one attached hydrogen (secondary N) is 1. The number of aryl methyl sites for hydroxylation is 1. The lowest BCUT2D eigenvalue weighted by Gasteiger charge is -2.20. The van der Waals surface area contributed by atoms with Gasteiger partial charge in [0.15, 0.2) is 0 Å².